The molecule has 0 spiro atoms. The summed E-state index contributed by atoms with van der Waals surface area (Å²) < 4.78 is 35.2. The Kier molecular flexibility index (Phi) is 6.82. The van der Waals surface area contributed by atoms with Crippen LogP contribution in [0.4, 0.5) is 13.2 Å². The number of nitrogens with one attached hydrogen (secondary N) is 1. The fourth-order valence-electron chi connectivity index (χ4n) is 0.971. The zero-order valence-corrected chi connectivity index (χ0v) is 10.1. The summed E-state index contributed by atoms with van der Waals surface area (Å²) in [4.78, 5) is 11.3. The maximum atomic E-state index is 11.7. The van der Waals surface area contributed by atoms with Crippen molar-refractivity contribution in [1.82, 2.24) is 5.32 Å². The van der Waals surface area contributed by atoms with Gasteiger partial charge in [-0.2, -0.15) is 13.2 Å². The lowest BCUT2D eigenvalue weighted by atomic mass is 9.99. The molecule has 0 aliphatic carbocycles. The van der Waals surface area contributed by atoms with Crippen LogP contribution >= 0.6 is 11.8 Å². The van der Waals surface area contributed by atoms with Crippen molar-refractivity contribution >= 4 is 17.7 Å². The fourth-order valence-corrected chi connectivity index (χ4v) is 1.41. The van der Waals surface area contributed by atoms with Gasteiger partial charge in [-0.15, -0.1) is 0 Å². The summed E-state index contributed by atoms with van der Waals surface area (Å²) in [5.74, 6) is -0.560. The van der Waals surface area contributed by atoms with Crippen molar-refractivity contribution < 1.29 is 18.0 Å². The minimum absolute atomic E-state index is 0.0207. The second-order valence-electron chi connectivity index (χ2n) is 3.50. The van der Waals surface area contributed by atoms with Gasteiger partial charge in [0, 0.05) is 12.3 Å². The van der Waals surface area contributed by atoms with Crippen LogP contribution in [0.3, 0.4) is 0 Å². The average Bonchev–Trinajstić information content (AvgIpc) is 2.20. The molecule has 0 bridgehead atoms. The Balaban J connectivity index is 3.74. The molecule has 7 heteroatoms. The molecule has 3 N–H and O–H groups in total. The SMILES string of the molecule is CCC(C)C(N)C(=O)NCCSC(F)(F)F. The first-order chi connectivity index (χ1) is 7.28. The second-order valence-corrected chi connectivity index (χ2v) is 4.66. The number of hydrogen-bond donors (Lipinski definition) is 2. The van der Waals surface area contributed by atoms with Crippen LogP contribution in [0.15, 0.2) is 0 Å². The third-order valence-corrected chi connectivity index (χ3v) is 2.96. The van der Waals surface area contributed by atoms with E-state index in [1.165, 1.54) is 0 Å². The molecule has 0 fully saturated rings. The first kappa shape index (κ1) is 15.6. The number of carbonyl (C=O) groups is 1. The van der Waals surface area contributed by atoms with Crippen molar-refractivity contribution in [2.45, 2.75) is 31.8 Å². The summed E-state index contributed by atoms with van der Waals surface area (Å²) in [5.41, 5.74) is 1.35. The fraction of sp³-hybridized carbons (Fsp3) is 0.889. The van der Waals surface area contributed by atoms with Gasteiger partial charge in [-0.05, 0) is 17.7 Å². The lowest BCUT2D eigenvalue weighted by Crippen LogP contribution is -2.45. The highest BCUT2D eigenvalue weighted by atomic mass is 32.2. The number of carbonyl (C=O) groups excluding carboxylic acids is 1. The Morgan fingerprint density at radius 1 is 1.50 bits per heavy atom. The van der Waals surface area contributed by atoms with Crippen LogP contribution in [0.5, 0.6) is 0 Å². The van der Waals surface area contributed by atoms with E-state index in [0.29, 0.717) is 0 Å². The third-order valence-electron chi connectivity index (χ3n) is 2.23. The van der Waals surface area contributed by atoms with E-state index < -0.39 is 17.5 Å². The molecule has 16 heavy (non-hydrogen) atoms. The molecule has 0 aliphatic heterocycles. The molecule has 0 aromatic heterocycles. The number of hydrogen-bond acceptors (Lipinski definition) is 3. The van der Waals surface area contributed by atoms with Crippen LogP contribution in [-0.2, 0) is 4.79 Å². The van der Waals surface area contributed by atoms with E-state index in [1.807, 2.05) is 13.8 Å². The smallest absolute Gasteiger partial charge is 0.354 e. The lowest BCUT2D eigenvalue weighted by Gasteiger charge is -2.17. The molecule has 0 saturated carbocycles. The first-order valence-electron chi connectivity index (χ1n) is 5.02. The Bertz CT molecular complexity index is 223. The minimum Gasteiger partial charge on any atom is -0.354 e. The van der Waals surface area contributed by atoms with Crippen LogP contribution in [-0.4, -0.2) is 29.8 Å². The Hall–Kier alpha value is -0.430. The highest BCUT2D eigenvalue weighted by molar-refractivity contribution is 8.00. The lowest BCUT2D eigenvalue weighted by molar-refractivity contribution is -0.123. The van der Waals surface area contributed by atoms with E-state index in [-0.39, 0.29) is 30.0 Å². The zero-order valence-electron chi connectivity index (χ0n) is 9.30. The highest BCUT2D eigenvalue weighted by Crippen LogP contribution is 2.29. The summed E-state index contributed by atoms with van der Waals surface area (Å²) in [6, 6.07) is -0.652. The Labute approximate surface area is 97.3 Å². The van der Waals surface area contributed by atoms with E-state index in [0.717, 1.165) is 6.42 Å². The second kappa shape index (κ2) is 7.01. The van der Waals surface area contributed by atoms with Crippen molar-refractivity contribution in [2.24, 2.45) is 11.7 Å². The topological polar surface area (TPSA) is 55.1 Å². The molecule has 3 nitrogen and oxygen atoms in total. The molecule has 2 unspecified atom stereocenters. The maximum absolute atomic E-state index is 11.7. The van der Waals surface area contributed by atoms with Gasteiger partial charge in [0.1, 0.15) is 0 Å². The number of amides is 1. The van der Waals surface area contributed by atoms with Crippen LogP contribution < -0.4 is 11.1 Å². The molecular formula is C9H17F3N2OS. The average molecular weight is 258 g/mol. The monoisotopic (exact) mass is 258 g/mol. The molecule has 0 aliphatic rings. The van der Waals surface area contributed by atoms with Crippen LogP contribution in [0.25, 0.3) is 0 Å². The molecule has 1 amide bonds. The Morgan fingerprint density at radius 2 is 2.06 bits per heavy atom. The quantitative estimate of drug-likeness (QED) is 0.713. The molecule has 0 aromatic rings. The van der Waals surface area contributed by atoms with Crippen molar-refractivity contribution in [3.05, 3.63) is 0 Å². The van der Waals surface area contributed by atoms with E-state index in [4.69, 9.17) is 5.73 Å². The molecule has 0 aromatic carbocycles. The summed E-state index contributed by atoms with van der Waals surface area (Å²) in [7, 11) is 0. The van der Waals surface area contributed by atoms with Crippen molar-refractivity contribution in [3.8, 4) is 0 Å². The number of rotatable bonds is 6. The molecule has 0 radical (unpaired) electrons. The predicted molar refractivity (Wildman–Crippen MR) is 59.0 cm³/mol. The molecule has 0 saturated heterocycles. The highest BCUT2D eigenvalue weighted by Gasteiger charge is 2.27. The number of nitrogens with two attached hydrogens (primary N) is 1. The first-order valence-corrected chi connectivity index (χ1v) is 6.00. The standard InChI is InChI=1S/C9H17F3N2OS/c1-3-6(2)7(13)8(15)14-4-5-16-9(10,11)12/h6-7H,3-5,13H2,1-2H3,(H,14,15). The van der Waals surface area contributed by atoms with Gasteiger partial charge in [0.2, 0.25) is 5.91 Å². The van der Waals surface area contributed by atoms with E-state index in [2.05, 4.69) is 5.32 Å². The van der Waals surface area contributed by atoms with Gasteiger partial charge in [0.15, 0.2) is 0 Å². The Morgan fingerprint density at radius 3 is 2.50 bits per heavy atom. The van der Waals surface area contributed by atoms with Crippen LogP contribution in [0.1, 0.15) is 20.3 Å². The van der Waals surface area contributed by atoms with Gasteiger partial charge in [0.25, 0.3) is 0 Å². The van der Waals surface area contributed by atoms with Gasteiger partial charge < -0.3 is 11.1 Å². The van der Waals surface area contributed by atoms with Crippen molar-refractivity contribution in [3.63, 3.8) is 0 Å². The van der Waals surface area contributed by atoms with Crippen LogP contribution in [0, 0.1) is 5.92 Å². The molecule has 0 rings (SSSR count). The minimum atomic E-state index is -4.25. The largest absolute Gasteiger partial charge is 0.441 e. The van der Waals surface area contributed by atoms with E-state index >= 15 is 0 Å². The zero-order chi connectivity index (χ0) is 12.8. The number of thioether (sulfide) groups is 1. The molecule has 96 valence electrons. The van der Waals surface area contributed by atoms with Crippen molar-refractivity contribution in [1.29, 1.82) is 0 Å². The predicted octanol–water partition coefficient (Wildman–Crippen LogP) is 1.73. The van der Waals surface area contributed by atoms with Gasteiger partial charge in [-0.3, -0.25) is 4.79 Å². The summed E-state index contributed by atoms with van der Waals surface area (Å²) >= 11 is -0.154. The normalized spacial score (nSPS) is 15.6. The van der Waals surface area contributed by atoms with E-state index in [1.54, 1.807) is 0 Å². The number of alkyl halides is 3. The van der Waals surface area contributed by atoms with Crippen molar-refractivity contribution in [2.75, 3.05) is 12.3 Å². The maximum Gasteiger partial charge on any atom is 0.441 e. The molecular weight excluding hydrogens is 241 g/mol. The molecule has 0 heterocycles. The van der Waals surface area contributed by atoms with Crippen LogP contribution in [0.2, 0.25) is 0 Å². The summed E-state index contributed by atoms with van der Waals surface area (Å²) in [5, 5.41) is 2.39. The van der Waals surface area contributed by atoms with Gasteiger partial charge in [-0.1, -0.05) is 20.3 Å². The number of halogens is 3. The van der Waals surface area contributed by atoms with Gasteiger partial charge in [0.05, 0.1) is 6.04 Å². The third kappa shape index (κ3) is 6.95. The van der Waals surface area contributed by atoms with E-state index in [9.17, 15) is 18.0 Å². The molecule has 2 atom stereocenters. The summed E-state index contributed by atoms with van der Waals surface area (Å²) in [6.45, 7) is 3.71. The summed E-state index contributed by atoms with van der Waals surface area (Å²) in [6.07, 6.45) is 0.756. The van der Waals surface area contributed by atoms with Gasteiger partial charge in [-0.25, -0.2) is 0 Å². The van der Waals surface area contributed by atoms with Gasteiger partial charge >= 0.3 is 5.51 Å².